The van der Waals surface area contributed by atoms with Crippen molar-refractivity contribution in [1.82, 2.24) is 4.98 Å². The molecule has 0 unspecified atom stereocenters. The third-order valence-corrected chi connectivity index (χ3v) is 2.11. The van der Waals surface area contributed by atoms with E-state index < -0.39 is 17.4 Å². The maximum Gasteiger partial charge on any atom is 0.281 e. The van der Waals surface area contributed by atoms with E-state index in [4.69, 9.17) is 11.6 Å². The monoisotopic (exact) mass is 317 g/mol. The second kappa shape index (κ2) is 4.28. The number of hydrogen-bond donors (Lipinski definition) is 0. The van der Waals surface area contributed by atoms with Gasteiger partial charge in [-0.1, -0.05) is 0 Å². The molecule has 6 heteroatoms. The molecule has 0 aliphatic heterocycles. The molecule has 0 fully saturated rings. The van der Waals surface area contributed by atoms with Crippen LogP contribution in [0.15, 0.2) is 12.1 Å². The molecule has 1 heterocycles. The summed E-state index contributed by atoms with van der Waals surface area (Å²) in [6.45, 7) is 0. The van der Waals surface area contributed by atoms with Crippen molar-refractivity contribution in [1.29, 1.82) is 0 Å². The topological polar surface area (TPSA) is 30.0 Å². The first-order chi connectivity index (χ1) is 6.02. The van der Waals surface area contributed by atoms with Crippen LogP contribution in [0.4, 0.5) is 8.78 Å². The van der Waals surface area contributed by atoms with Gasteiger partial charge in [-0.3, -0.25) is 4.79 Å². The zero-order valence-corrected chi connectivity index (χ0v) is 9.01. The lowest BCUT2D eigenvalue weighted by Gasteiger charge is -2.03. The zero-order chi connectivity index (χ0) is 10.0. The molecule has 0 aliphatic rings. The molecule has 0 saturated carbocycles. The Bertz CT molecular complexity index is 345. The molecule has 0 bridgehead atoms. The van der Waals surface area contributed by atoms with Crippen LogP contribution in [0.5, 0.6) is 0 Å². The van der Waals surface area contributed by atoms with Crippen LogP contribution < -0.4 is 0 Å². The minimum atomic E-state index is -2.78. The summed E-state index contributed by atoms with van der Waals surface area (Å²) in [4.78, 5) is 14.2. The van der Waals surface area contributed by atoms with E-state index in [0.717, 1.165) is 0 Å². The number of alkyl halides is 2. The Balaban J connectivity index is 3.26. The summed E-state index contributed by atoms with van der Waals surface area (Å²) in [6, 6.07) is 2.69. The fourth-order valence-corrected chi connectivity index (χ4v) is 1.38. The van der Waals surface area contributed by atoms with Crippen LogP contribution in [0.3, 0.4) is 0 Å². The molecule has 0 atom stereocenters. The Kier molecular flexibility index (Phi) is 3.55. The molecule has 0 radical (unpaired) electrons. The van der Waals surface area contributed by atoms with Gasteiger partial charge in [0, 0.05) is 0 Å². The molecule has 0 aromatic carbocycles. The number of pyridine rings is 1. The number of nitrogens with zero attached hydrogens (tertiary/aromatic N) is 1. The van der Waals surface area contributed by atoms with Crippen molar-refractivity contribution >= 4 is 39.4 Å². The molecule has 0 spiro atoms. The van der Waals surface area contributed by atoms with E-state index in [0.29, 0.717) is 3.70 Å². The van der Waals surface area contributed by atoms with E-state index in [9.17, 15) is 13.6 Å². The number of aromatic nitrogens is 1. The maximum absolute atomic E-state index is 12.3. The summed E-state index contributed by atoms with van der Waals surface area (Å²) < 4.78 is 25.0. The van der Waals surface area contributed by atoms with Crippen LogP contribution in [0.2, 0.25) is 0 Å². The smallest absolute Gasteiger partial charge is 0.276 e. The molecule has 1 aromatic heterocycles. The highest BCUT2D eigenvalue weighted by Crippen LogP contribution is 2.22. The number of carbonyl (C=O) groups excluding carboxylic acids is 1. The van der Waals surface area contributed by atoms with E-state index in [2.05, 4.69) is 4.98 Å². The Morgan fingerprint density at radius 3 is 2.62 bits per heavy atom. The maximum atomic E-state index is 12.3. The van der Waals surface area contributed by atoms with Gasteiger partial charge >= 0.3 is 0 Å². The standard InChI is InChI=1S/C7H3ClF2INO/c8-6(13)3-1-2-4(11)12-5(3)7(9)10/h1-2,7H. The van der Waals surface area contributed by atoms with Gasteiger partial charge in [0.15, 0.2) is 0 Å². The minimum absolute atomic E-state index is 0.239. The van der Waals surface area contributed by atoms with E-state index in [-0.39, 0.29) is 5.56 Å². The van der Waals surface area contributed by atoms with E-state index in [1.807, 2.05) is 0 Å². The largest absolute Gasteiger partial charge is 0.281 e. The molecular formula is C7H3ClF2INO. The highest BCUT2D eigenvalue weighted by Gasteiger charge is 2.18. The molecule has 0 amide bonds. The Hall–Kier alpha value is -0.300. The van der Waals surface area contributed by atoms with Crippen molar-refractivity contribution in [3.8, 4) is 0 Å². The Morgan fingerprint density at radius 1 is 1.54 bits per heavy atom. The van der Waals surface area contributed by atoms with Gasteiger partial charge in [-0.25, -0.2) is 13.8 Å². The quantitative estimate of drug-likeness (QED) is 0.477. The normalized spacial score (nSPS) is 10.5. The highest BCUT2D eigenvalue weighted by molar-refractivity contribution is 14.1. The molecule has 0 N–H and O–H groups in total. The lowest BCUT2D eigenvalue weighted by atomic mass is 10.2. The summed E-state index contributed by atoms with van der Waals surface area (Å²) >= 11 is 6.87. The zero-order valence-electron chi connectivity index (χ0n) is 6.10. The van der Waals surface area contributed by atoms with Crippen molar-refractivity contribution < 1.29 is 13.6 Å². The van der Waals surface area contributed by atoms with Crippen molar-refractivity contribution in [2.45, 2.75) is 6.43 Å². The van der Waals surface area contributed by atoms with Gasteiger partial charge in [-0.05, 0) is 46.3 Å². The summed E-state index contributed by atoms with van der Waals surface area (Å²) in [5.41, 5.74) is -0.802. The lowest BCUT2D eigenvalue weighted by molar-refractivity contribution is 0.106. The number of rotatable bonds is 2. The van der Waals surface area contributed by atoms with Gasteiger partial charge in [0.2, 0.25) is 0 Å². The van der Waals surface area contributed by atoms with Gasteiger partial charge < -0.3 is 0 Å². The number of hydrogen-bond acceptors (Lipinski definition) is 2. The molecule has 0 saturated heterocycles. The predicted octanol–water partition coefficient (Wildman–Crippen LogP) is 3.00. The lowest BCUT2D eigenvalue weighted by Crippen LogP contribution is -2.02. The number of carbonyl (C=O) groups is 1. The van der Waals surface area contributed by atoms with Crippen LogP contribution in [0.25, 0.3) is 0 Å². The summed E-state index contributed by atoms with van der Waals surface area (Å²) in [6.07, 6.45) is -2.78. The van der Waals surface area contributed by atoms with Crippen molar-refractivity contribution in [2.75, 3.05) is 0 Å². The Labute approximate surface area is 91.4 Å². The number of halogens is 4. The van der Waals surface area contributed by atoms with Gasteiger partial charge in [0.05, 0.1) is 5.56 Å². The fraction of sp³-hybridized carbons (Fsp3) is 0.143. The third-order valence-electron chi connectivity index (χ3n) is 1.31. The molecule has 0 aliphatic carbocycles. The fourth-order valence-electron chi connectivity index (χ4n) is 0.783. The molecule has 2 nitrogen and oxygen atoms in total. The van der Waals surface area contributed by atoms with Crippen LogP contribution in [0.1, 0.15) is 22.5 Å². The first-order valence-electron chi connectivity index (χ1n) is 3.17. The molecule has 13 heavy (non-hydrogen) atoms. The SMILES string of the molecule is O=C(Cl)c1ccc(I)nc1C(F)F. The van der Waals surface area contributed by atoms with Crippen molar-refractivity contribution in [3.05, 3.63) is 27.1 Å². The molecule has 70 valence electrons. The molecular weight excluding hydrogens is 314 g/mol. The first-order valence-corrected chi connectivity index (χ1v) is 4.62. The molecule has 1 aromatic rings. The Morgan fingerprint density at radius 2 is 2.15 bits per heavy atom. The minimum Gasteiger partial charge on any atom is -0.276 e. The van der Waals surface area contributed by atoms with Crippen LogP contribution in [-0.4, -0.2) is 10.2 Å². The van der Waals surface area contributed by atoms with Crippen LogP contribution in [-0.2, 0) is 0 Å². The summed E-state index contributed by atoms with van der Waals surface area (Å²) in [7, 11) is 0. The average molecular weight is 317 g/mol. The van der Waals surface area contributed by atoms with Gasteiger partial charge in [0.1, 0.15) is 9.39 Å². The predicted molar refractivity (Wildman–Crippen MR) is 52.1 cm³/mol. The first kappa shape index (κ1) is 10.8. The van der Waals surface area contributed by atoms with Gasteiger partial charge in [-0.2, -0.15) is 0 Å². The second-order valence-electron chi connectivity index (χ2n) is 2.14. The van der Waals surface area contributed by atoms with Gasteiger partial charge in [-0.15, -0.1) is 0 Å². The highest BCUT2D eigenvalue weighted by atomic mass is 127. The van der Waals surface area contributed by atoms with Crippen molar-refractivity contribution in [2.24, 2.45) is 0 Å². The van der Waals surface area contributed by atoms with Crippen LogP contribution >= 0.6 is 34.2 Å². The average Bonchev–Trinajstić information content (AvgIpc) is 2.03. The van der Waals surface area contributed by atoms with E-state index in [1.165, 1.54) is 12.1 Å². The van der Waals surface area contributed by atoms with Crippen molar-refractivity contribution in [3.63, 3.8) is 0 Å². The van der Waals surface area contributed by atoms with Gasteiger partial charge in [0.25, 0.3) is 11.7 Å². The summed E-state index contributed by atoms with van der Waals surface area (Å²) in [5, 5.41) is -0.917. The molecule has 1 rings (SSSR count). The summed E-state index contributed by atoms with van der Waals surface area (Å²) in [5.74, 6) is 0. The van der Waals surface area contributed by atoms with E-state index >= 15 is 0 Å². The van der Waals surface area contributed by atoms with Crippen LogP contribution in [0, 0.1) is 3.70 Å². The van der Waals surface area contributed by atoms with E-state index in [1.54, 1.807) is 22.6 Å². The third kappa shape index (κ3) is 2.57. The second-order valence-corrected chi connectivity index (χ2v) is 3.59.